The molecule has 20 heavy (non-hydrogen) atoms. The van der Waals surface area contributed by atoms with Crippen LogP contribution >= 0.6 is 0 Å². The van der Waals surface area contributed by atoms with Crippen molar-refractivity contribution in [3.63, 3.8) is 0 Å². The lowest BCUT2D eigenvalue weighted by Crippen LogP contribution is -2.46. The standard InChI is InChI=1S/C18H38N2/c1-3-5-6-7-8-9-10-15-18(19-16-4-2)20-17-13-11-12-14-17/h17-20H,3-16H2,1-2H3. The third-order valence-corrected chi connectivity index (χ3v) is 4.53. The van der Waals surface area contributed by atoms with Gasteiger partial charge in [-0.15, -0.1) is 0 Å². The molecule has 2 N–H and O–H groups in total. The molecule has 1 unspecified atom stereocenters. The lowest BCUT2D eigenvalue weighted by atomic mass is 10.1. The van der Waals surface area contributed by atoms with Gasteiger partial charge in [0.25, 0.3) is 0 Å². The van der Waals surface area contributed by atoms with E-state index in [1.165, 1.54) is 83.5 Å². The van der Waals surface area contributed by atoms with Crippen molar-refractivity contribution in [2.45, 2.75) is 110 Å². The molecule has 0 aromatic heterocycles. The fourth-order valence-electron chi connectivity index (χ4n) is 3.25. The summed E-state index contributed by atoms with van der Waals surface area (Å²) in [6, 6.07) is 0.786. The summed E-state index contributed by atoms with van der Waals surface area (Å²) >= 11 is 0. The van der Waals surface area contributed by atoms with Crippen molar-refractivity contribution in [3.8, 4) is 0 Å². The normalized spacial score (nSPS) is 17.7. The van der Waals surface area contributed by atoms with Crippen LogP contribution < -0.4 is 10.6 Å². The van der Waals surface area contributed by atoms with Crippen molar-refractivity contribution in [1.29, 1.82) is 0 Å². The van der Waals surface area contributed by atoms with Crippen LogP contribution in [0.5, 0.6) is 0 Å². The number of hydrogen-bond donors (Lipinski definition) is 2. The monoisotopic (exact) mass is 282 g/mol. The summed E-state index contributed by atoms with van der Waals surface area (Å²) in [6.45, 7) is 5.70. The zero-order chi connectivity index (χ0) is 14.5. The Morgan fingerprint density at radius 3 is 2.15 bits per heavy atom. The largest absolute Gasteiger partial charge is 0.302 e. The summed E-state index contributed by atoms with van der Waals surface area (Å²) < 4.78 is 0. The molecule has 0 bridgehead atoms. The van der Waals surface area contributed by atoms with Crippen LogP contribution in [0, 0.1) is 0 Å². The SMILES string of the molecule is CCCCCCCCCC(NCCC)NC1CCCC1. The van der Waals surface area contributed by atoms with Crippen LogP contribution in [0.15, 0.2) is 0 Å². The predicted molar refractivity (Wildman–Crippen MR) is 90.1 cm³/mol. The Balaban J connectivity index is 2.06. The molecule has 1 aliphatic rings. The van der Waals surface area contributed by atoms with Gasteiger partial charge in [0.2, 0.25) is 0 Å². The molecule has 0 radical (unpaired) electrons. The van der Waals surface area contributed by atoms with Gasteiger partial charge in [0, 0.05) is 6.04 Å². The Morgan fingerprint density at radius 1 is 0.850 bits per heavy atom. The number of nitrogens with one attached hydrogen (secondary N) is 2. The topological polar surface area (TPSA) is 24.1 Å². The first-order valence-corrected chi connectivity index (χ1v) is 9.36. The molecule has 2 heteroatoms. The maximum atomic E-state index is 3.85. The van der Waals surface area contributed by atoms with Crippen molar-refractivity contribution in [3.05, 3.63) is 0 Å². The predicted octanol–water partition coefficient (Wildman–Crippen LogP) is 4.99. The highest BCUT2D eigenvalue weighted by atomic mass is 15.1. The molecule has 120 valence electrons. The van der Waals surface area contributed by atoms with Crippen LogP contribution in [0.3, 0.4) is 0 Å². The Kier molecular flexibility index (Phi) is 11.4. The van der Waals surface area contributed by atoms with Crippen LogP contribution in [0.25, 0.3) is 0 Å². The molecule has 0 saturated heterocycles. The molecular weight excluding hydrogens is 244 g/mol. The van der Waals surface area contributed by atoms with Crippen LogP contribution in [-0.4, -0.2) is 18.8 Å². The minimum atomic E-state index is 0.564. The van der Waals surface area contributed by atoms with Crippen LogP contribution in [0.2, 0.25) is 0 Å². The molecule has 0 amide bonds. The van der Waals surface area contributed by atoms with Gasteiger partial charge in [-0.25, -0.2) is 0 Å². The van der Waals surface area contributed by atoms with Crippen LogP contribution in [0.4, 0.5) is 0 Å². The van der Waals surface area contributed by atoms with Crippen molar-refractivity contribution < 1.29 is 0 Å². The van der Waals surface area contributed by atoms with E-state index in [1.807, 2.05) is 0 Å². The molecule has 2 nitrogen and oxygen atoms in total. The van der Waals surface area contributed by atoms with Crippen LogP contribution in [-0.2, 0) is 0 Å². The third kappa shape index (κ3) is 8.97. The fraction of sp³-hybridized carbons (Fsp3) is 1.00. The molecule has 0 spiro atoms. The highest BCUT2D eigenvalue weighted by Crippen LogP contribution is 2.18. The molecular formula is C18H38N2. The first-order chi connectivity index (χ1) is 9.86. The lowest BCUT2D eigenvalue weighted by Gasteiger charge is -2.24. The van der Waals surface area contributed by atoms with E-state index in [0.717, 1.165) is 12.6 Å². The van der Waals surface area contributed by atoms with Gasteiger partial charge in [0.1, 0.15) is 0 Å². The number of rotatable bonds is 13. The third-order valence-electron chi connectivity index (χ3n) is 4.53. The minimum Gasteiger partial charge on any atom is -0.302 e. The van der Waals surface area contributed by atoms with E-state index in [0.29, 0.717) is 6.17 Å². The summed E-state index contributed by atoms with van der Waals surface area (Å²) in [5, 5.41) is 7.55. The molecule has 0 aliphatic heterocycles. The second-order valence-electron chi connectivity index (χ2n) is 6.56. The quantitative estimate of drug-likeness (QED) is 0.367. The minimum absolute atomic E-state index is 0.564. The average molecular weight is 283 g/mol. The van der Waals surface area contributed by atoms with Crippen molar-refractivity contribution in [1.82, 2.24) is 10.6 Å². The number of hydrogen-bond acceptors (Lipinski definition) is 2. The van der Waals surface area contributed by atoms with E-state index < -0.39 is 0 Å². The molecule has 0 aromatic rings. The van der Waals surface area contributed by atoms with E-state index in [1.54, 1.807) is 0 Å². The van der Waals surface area contributed by atoms with Gasteiger partial charge in [-0.3, -0.25) is 5.32 Å². The molecule has 1 atom stereocenters. The highest BCUT2D eigenvalue weighted by molar-refractivity contribution is 4.77. The zero-order valence-corrected chi connectivity index (χ0v) is 14.1. The second-order valence-corrected chi connectivity index (χ2v) is 6.56. The lowest BCUT2D eigenvalue weighted by molar-refractivity contribution is 0.343. The first-order valence-electron chi connectivity index (χ1n) is 9.36. The summed E-state index contributed by atoms with van der Waals surface area (Å²) in [5.74, 6) is 0. The van der Waals surface area contributed by atoms with E-state index in [4.69, 9.17) is 0 Å². The summed E-state index contributed by atoms with van der Waals surface area (Å²) in [6.07, 6.45) is 18.6. The van der Waals surface area contributed by atoms with Crippen molar-refractivity contribution in [2.75, 3.05) is 6.54 Å². The van der Waals surface area contributed by atoms with Crippen molar-refractivity contribution in [2.24, 2.45) is 0 Å². The molecule has 0 aromatic carbocycles. The fourth-order valence-corrected chi connectivity index (χ4v) is 3.25. The van der Waals surface area contributed by atoms with Gasteiger partial charge >= 0.3 is 0 Å². The maximum absolute atomic E-state index is 3.85. The molecule has 1 rings (SSSR count). The van der Waals surface area contributed by atoms with Gasteiger partial charge in [0.15, 0.2) is 0 Å². The Hall–Kier alpha value is -0.0800. The molecule has 0 heterocycles. The van der Waals surface area contributed by atoms with E-state index >= 15 is 0 Å². The average Bonchev–Trinajstić information content (AvgIpc) is 2.96. The van der Waals surface area contributed by atoms with Gasteiger partial charge in [-0.1, -0.05) is 71.6 Å². The summed E-state index contributed by atoms with van der Waals surface area (Å²) in [5.41, 5.74) is 0. The molecule has 1 fully saturated rings. The first kappa shape index (κ1) is 18.0. The Morgan fingerprint density at radius 2 is 1.50 bits per heavy atom. The van der Waals surface area contributed by atoms with E-state index in [-0.39, 0.29) is 0 Å². The van der Waals surface area contributed by atoms with Gasteiger partial charge in [-0.2, -0.15) is 0 Å². The highest BCUT2D eigenvalue weighted by Gasteiger charge is 2.18. The van der Waals surface area contributed by atoms with E-state index in [2.05, 4.69) is 24.5 Å². The summed E-state index contributed by atoms with van der Waals surface area (Å²) in [7, 11) is 0. The summed E-state index contributed by atoms with van der Waals surface area (Å²) in [4.78, 5) is 0. The Labute approximate surface area is 127 Å². The number of unbranched alkanes of at least 4 members (excludes halogenated alkanes) is 6. The van der Waals surface area contributed by atoms with Gasteiger partial charge < -0.3 is 5.32 Å². The van der Waals surface area contributed by atoms with Crippen LogP contribution in [0.1, 0.15) is 97.3 Å². The Bertz CT molecular complexity index is 200. The van der Waals surface area contributed by atoms with Gasteiger partial charge in [-0.05, 0) is 32.2 Å². The maximum Gasteiger partial charge on any atom is 0.0573 e. The zero-order valence-electron chi connectivity index (χ0n) is 14.1. The molecule has 1 aliphatic carbocycles. The molecule has 1 saturated carbocycles. The van der Waals surface area contributed by atoms with Crippen molar-refractivity contribution >= 4 is 0 Å². The smallest absolute Gasteiger partial charge is 0.0573 e. The van der Waals surface area contributed by atoms with E-state index in [9.17, 15) is 0 Å². The second kappa shape index (κ2) is 12.6. The van der Waals surface area contributed by atoms with Gasteiger partial charge in [0.05, 0.1) is 6.17 Å².